The van der Waals surface area contributed by atoms with E-state index < -0.39 is 11.8 Å². The van der Waals surface area contributed by atoms with Gasteiger partial charge in [0.05, 0.1) is 7.11 Å². The van der Waals surface area contributed by atoms with E-state index in [1.807, 2.05) is 0 Å². The molecule has 0 aromatic heterocycles. The Balaban J connectivity index is 2.21. The summed E-state index contributed by atoms with van der Waals surface area (Å²) in [5.41, 5.74) is 0.0806. The summed E-state index contributed by atoms with van der Waals surface area (Å²) in [4.78, 5) is 22.2. The highest BCUT2D eigenvalue weighted by Gasteiger charge is 2.20. The summed E-state index contributed by atoms with van der Waals surface area (Å²) in [5.74, 6) is -1.56. The first-order chi connectivity index (χ1) is 9.61. The lowest BCUT2D eigenvalue weighted by molar-refractivity contribution is -0.131. The molecular formula is C14H17NO5. The van der Waals surface area contributed by atoms with Crippen LogP contribution in [0.15, 0.2) is 18.2 Å². The number of piperidine rings is 1. The number of carbonyl (C=O) groups is 2. The Morgan fingerprint density at radius 2 is 2.15 bits per heavy atom. The molecule has 0 spiro atoms. The van der Waals surface area contributed by atoms with Crippen molar-refractivity contribution >= 4 is 11.8 Å². The van der Waals surface area contributed by atoms with Crippen molar-refractivity contribution in [2.75, 3.05) is 20.2 Å². The first-order valence-electron chi connectivity index (χ1n) is 6.45. The fraction of sp³-hybridized carbons (Fsp3) is 0.429. The normalized spacial score (nSPS) is 18.4. The Morgan fingerprint density at radius 3 is 2.75 bits per heavy atom. The second kappa shape index (κ2) is 6.38. The molecule has 0 amide bonds. The summed E-state index contributed by atoms with van der Waals surface area (Å²) in [7, 11) is 1.50. The van der Waals surface area contributed by atoms with Crippen LogP contribution in [0.4, 0.5) is 0 Å². The summed E-state index contributed by atoms with van der Waals surface area (Å²) in [6.07, 6.45) is 1.92. The van der Waals surface area contributed by atoms with Crippen LogP contribution in [0.25, 0.3) is 0 Å². The molecule has 1 aliphatic rings. The number of benzene rings is 1. The number of methoxy groups -OCH3 is 1. The molecule has 6 heteroatoms. The van der Waals surface area contributed by atoms with Crippen LogP contribution in [0.2, 0.25) is 0 Å². The van der Waals surface area contributed by atoms with E-state index in [-0.39, 0.29) is 11.7 Å². The number of ketones is 1. The van der Waals surface area contributed by atoms with Gasteiger partial charge in [0.2, 0.25) is 0 Å². The molecule has 2 rings (SSSR count). The van der Waals surface area contributed by atoms with Gasteiger partial charge in [0.25, 0.3) is 5.78 Å². The number of carbonyl (C=O) groups excluding carboxylic acids is 1. The number of hydrogen-bond acceptors (Lipinski definition) is 5. The molecule has 1 aromatic carbocycles. The lowest BCUT2D eigenvalue weighted by Gasteiger charge is -2.24. The maximum atomic E-state index is 11.5. The Morgan fingerprint density at radius 1 is 1.35 bits per heavy atom. The van der Waals surface area contributed by atoms with Crippen molar-refractivity contribution in [2.45, 2.75) is 18.9 Å². The van der Waals surface area contributed by atoms with E-state index in [2.05, 4.69) is 5.32 Å². The van der Waals surface area contributed by atoms with Crippen LogP contribution in [0.3, 0.4) is 0 Å². The zero-order chi connectivity index (χ0) is 14.5. The molecule has 6 nitrogen and oxygen atoms in total. The number of aliphatic carboxylic acids is 1. The molecule has 1 atom stereocenters. The molecule has 1 heterocycles. The number of carboxylic acids is 1. The summed E-state index contributed by atoms with van der Waals surface area (Å²) >= 11 is 0. The van der Waals surface area contributed by atoms with Crippen molar-refractivity contribution in [1.29, 1.82) is 0 Å². The minimum absolute atomic E-state index is 0.00664. The minimum Gasteiger partial charge on any atom is -0.493 e. The van der Waals surface area contributed by atoms with Crippen LogP contribution < -0.4 is 14.8 Å². The van der Waals surface area contributed by atoms with Crippen molar-refractivity contribution in [1.82, 2.24) is 5.32 Å². The summed E-state index contributed by atoms with van der Waals surface area (Å²) < 4.78 is 11.0. The summed E-state index contributed by atoms with van der Waals surface area (Å²) in [5, 5.41) is 12.0. The predicted molar refractivity (Wildman–Crippen MR) is 71.5 cm³/mol. The number of rotatable bonds is 5. The average Bonchev–Trinajstić information content (AvgIpc) is 2.47. The van der Waals surface area contributed by atoms with Crippen LogP contribution in [-0.4, -0.2) is 43.2 Å². The minimum atomic E-state index is -1.49. The van der Waals surface area contributed by atoms with Gasteiger partial charge in [-0.2, -0.15) is 0 Å². The van der Waals surface area contributed by atoms with E-state index in [9.17, 15) is 9.59 Å². The number of ether oxygens (including phenoxy) is 2. The number of nitrogens with one attached hydrogen (secondary N) is 1. The third kappa shape index (κ3) is 3.27. The van der Waals surface area contributed by atoms with Gasteiger partial charge in [-0.05, 0) is 37.6 Å². The van der Waals surface area contributed by atoms with Gasteiger partial charge in [-0.1, -0.05) is 0 Å². The van der Waals surface area contributed by atoms with E-state index in [1.54, 1.807) is 6.07 Å². The van der Waals surface area contributed by atoms with Gasteiger partial charge in [0, 0.05) is 12.1 Å². The molecule has 0 radical (unpaired) electrons. The van der Waals surface area contributed by atoms with Crippen molar-refractivity contribution < 1.29 is 24.2 Å². The van der Waals surface area contributed by atoms with Crippen LogP contribution in [0.5, 0.6) is 11.5 Å². The highest BCUT2D eigenvalue weighted by Crippen LogP contribution is 2.30. The largest absolute Gasteiger partial charge is 0.493 e. The fourth-order valence-corrected chi connectivity index (χ4v) is 2.13. The highest BCUT2D eigenvalue weighted by molar-refractivity contribution is 6.39. The van der Waals surface area contributed by atoms with Gasteiger partial charge < -0.3 is 19.9 Å². The van der Waals surface area contributed by atoms with E-state index in [1.165, 1.54) is 19.2 Å². The second-order valence-electron chi connectivity index (χ2n) is 4.59. The number of hydrogen-bond donors (Lipinski definition) is 2. The molecule has 0 aliphatic carbocycles. The first-order valence-corrected chi connectivity index (χ1v) is 6.45. The monoisotopic (exact) mass is 279 g/mol. The Bertz CT molecular complexity index is 508. The zero-order valence-corrected chi connectivity index (χ0v) is 11.2. The third-order valence-corrected chi connectivity index (χ3v) is 3.17. The van der Waals surface area contributed by atoms with Crippen LogP contribution in [0, 0.1) is 0 Å². The van der Waals surface area contributed by atoms with Crippen LogP contribution in [0.1, 0.15) is 23.2 Å². The molecule has 0 saturated carbocycles. The Hall–Kier alpha value is -2.08. The molecule has 1 fully saturated rings. The molecular weight excluding hydrogens is 262 g/mol. The van der Waals surface area contributed by atoms with Gasteiger partial charge >= 0.3 is 5.97 Å². The van der Waals surface area contributed by atoms with Gasteiger partial charge in [0.1, 0.15) is 6.10 Å². The maximum absolute atomic E-state index is 11.5. The number of carboxylic acid groups (broad SMARTS) is 1. The maximum Gasteiger partial charge on any atom is 0.377 e. The predicted octanol–water partition coefficient (Wildman–Crippen LogP) is 1.09. The smallest absolute Gasteiger partial charge is 0.377 e. The molecule has 1 unspecified atom stereocenters. The standard InChI is InChI=1S/C14H17NO5/c1-19-11-5-4-9(13(16)14(17)18)7-12(11)20-10-3-2-6-15-8-10/h4-5,7,10,15H,2-3,6,8H2,1H3,(H,17,18). The Labute approximate surface area is 116 Å². The van der Waals surface area contributed by atoms with Crippen molar-refractivity contribution in [2.24, 2.45) is 0 Å². The molecule has 1 saturated heterocycles. The van der Waals surface area contributed by atoms with Crippen molar-refractivity contribution in [3.05, 3.63) is 23.8 Å². The molecule has 0 bridgehead atoms. The van der Waals surface area contributed by atoms with Crippen molar-refractivity contribution in [3.63, 3.8) is 0 Å². The quantitative estimate of drug-likeness (QED) is 0.620. The molecule has 1 aromatic rings. The lowest BCUT2D eigenvalue weighted by Crippen LogP contribution is -2.37. The third-order valence-electron chi connectivity index (χ3n) is 3.17. The van der Waals surface area contributed by atoms with Gasteiger partial charge in [-0.15, -0.1) is 0 Å². The fourth-order valence-electron chi connectivity index (χ4n) is 2.13. The lowest BCUT2D eigenvalue weighted by atomic mass is 10.1. The SMILES string of the molecule is COc1ccc(C(=O)C(=O)O)cc1OC1CCCNC1. The first kappa shape index (κ1) is 14.3. The molecule has 2 N–H and O–H groups in total. The molecule has 108 valence electrons. The molecule has 1 aliphatic heterocycles. The van der Waals surface area contributed by atoms with Crippen molar-refractivity contribution in [3.8, 4) is 11.5 Å². The van der Waals surface area contributed by atoms with Gasteiger partial charge in [-0.3, -0.25) is 4.79 Å². The van der Waals surface area contributed by atoms with Crippen LogP contribution in [-0.2, 0) is 4.79 Å². The zero-order valence-electron chi connectivity index (χ0n) is 11.2. The summed E-state index contributed by atoms with van der Waals surface area (Å²) in [6.45, 7) is 1.69. The van der Waals surface area contributed by atoms with Gasteiger partial charge in [0.15, 0.2) is 11.5 Å². The van der Waals surface area contributed by atoms with E-state index in [0.717, 1.165) is 25.9 Å². The topological polar surface area (TPSA) is 84.9 Å². The van der Waals surface area contributed by atoms with Crippen LogP contribution >= 0.6 is 0 Å². The summed E-state index contributed by atoms with van der Waals surface area (Å²) in [6, 6.07) is 4.38. The van der Waals surface area contributed by atoms with E-state index in [4.69, 9.17) is 14.6 Å². The van der Waals surface area contributed by atoms with Gasteiger partial charge in [-0.25, -0.2) is 4.79 Å². The Kier molecular flexibility index (Phi) is 4.57. The average molecular weight is 279 g/mol. The molecule has 20 heavy (non-hydrogen) atoms. The number of Topliss-reactive ketones (excluding diaryl/α,β-unsaturated/α-hetero) is 1. The highest BCUT2D eigenvalue weighted by atomic mass is 16.5. The van der Waals surface area contributed by atoms with E-state index in [0.29, 0.717) is 11.5 Å². The second-order valence-corrected chi connectivity index (χ2v) is 4.59. The van der Waals surface area contributed by atoms with E-state index >= 15 is 0 Å².